The maximum absolute atomic E-state index is 11.2. The number of halogens is 1. The van der Waals surface area contributed by atoms with Crippen molar-refractivity contribution in [1.82, 2.24) is 4.90 Å². The molecule has 0 amide bonds. The summed E-state index contributed by atoms with van der Waals surface area (Å²) in [6, 6.07) is 8.02. The van der Waals surface area contributed by atoms with Crippen LogP contribution >= 0.6 is 15.9 Å². The van der Waals surface area contributed by atoms with Crippen LogP contribution in [-0.4, -0.2) is 29.1 Å². The summed E-state index contributed by atoms with van der Waals surface area (Å²) in [6.45, 7) is 2.01. The van der Waals surface area contributed by atoms with Gasteiger partial charge in [0, 0.05) is 10.5 Å². The third kappa shape index (κ3) is 4.32. The number of likely N-dealkylation sites (tertiary alicyclic amines) is 1. The maximum atomic E-state index is 11.2. The highest BCUT2D eigenvalue weighted by Gasteiger charge is 2.23. The molecule has 1 atom stereocenters. The summed E-state index contributed by atoms with van der Waals surface area (Å²) < 4.78 is 1.01. The normalized spacial score (nSPS) is 18.8. The average molecular weight is 326 g/mol. The van der Waals surface area contributed by atoms with Crippen LogP contribution < -0.4 is 0 Å². The van der Waals surface area contributed by atoms with E-state index in [2.05, 4.69) is 20.8 Å². The molecule has 0 saturated carbocycles. The summed E-state index contributed by atoms with van der Waals surface area (Å²) in [5.74, 6) is -0.728. The number of hydrogen-bond acceptors (Lipinski definition) is 2. The van der Waals surface area contributed by atoms with Crippen molar-refractivity contribution in [3.63, 3.8) is 0 Å². The lowest BCUT2D eigenvalue weighted by Gasteiger charge is -2.30. The minimum absolute atomic E-state index is 0.00639. The molecule has 1 aliphatic rings. The SMILES string of the molecule is O=C(O)CC(c1cccc(Br)c1)N1CCCCCC1. The van der Waals surface area contributed by atoms with Gasteiger partial charge in [0.2, 0.25) is 0 Å². The van der Waals surface area contributed by atoms with E-state index in [-0.39, 0.29) is 12.5 Å². The van der Waals surface area contributed by atoms with E-state index in [1.165, 1.54) is 25.7 Å². The van der Waals surface area contributed by atoms with E-state index >= 15 is 0 Å². The van der Waals surface area contributed by atoms with Crippen LogP contribution in [0.2, 0.25) is 0 Å². The number of carboxylic acid groups (broad SMARTS) is 1. The van der Waals surface area contributed by atoms with Crippen LogP contribution in [0.5, 0.6) is 0 Å². The molecule has 1 N–H and O–H groups in total. The molecule has 0 spiro atoms. The summed E-state index contributed by atoms with van der Waals surface area (Å²) in [6.07, 6.45) is 5.04. The highest BCUT2D eigenvalue weighted by atomic mass is 79.9. The van der Waals surface area contributed by atoms with Crippen LogP contribution in [0.15, 0.2) is 28.7 Å². The Bertz CT molecular complexity index is 428. The molecule has 1 saturated heterocycles. The number of carbonyl (C=O) groups is 1. The molecule has 1 unspecified atom stereocenters. The summed E-state index contributed by atoms with van der Waals surface area (Å²) >= 11 is 3.47. The average Bonchev–Trinajstić information content (AvgIpc) is 2.64. The molecule has 1 fully saturated rings. The second-order valence-electron chi connectivity index (χ2n) is 5.12. The van der Waals surface area contributed by atoms with Crippen molar-refractivity contribution in [2.24, 2.45) is 0 Å². The third-order valence-electron chi connectivity index (χ3n) is 3.68. The van der Waals surface area contributed by atoms with Crippen molar-refractivity contribution in [2.45, 2.75) is 38.1 Å². The van der Waals surface area contributed by atoms with Gasteiger partial charge in [-0.2, -0.15) is 0 Å². The van der Waals surface area contributed by atoms with E-state index in [0.29, 0.717) is 0 Å². The topological polar surface area (TPSA) is 40.5 Å². The Morgan fingerprint density at radius 3 is 2.53 bits per heavy atom. The van der Waals surface area contributed by atoms with E-state index < -0.39 is 5.97 Å². The molecule has 0 bridgehead atoms. The Kier molecular flexibility index (Phi) is 5.40. The van der Waals surface area contributed by atoms with Gasteiger partial charge in [0.05, 0.1) is 6.42 Å². The smallest absolute Gasteiger partial charge is 0.305 e. The van der Waals surface area contributed by atoms with Crippen molar-refractivity contribution < 1.29 is 9.90 Å². The van der Waals surface area contributed by atoms with Crippen LogP contribution in [0, 0.1) is 0 Å². The largest absolute Gasteiger partial charge is 0.481 e. The quantitative estimate of drug-likeness (QED) is 0.914. The van der Waals surface area contributed by atoms with Gasteiger partial charge >= 0.3 is 5.97 Å². The number of nitrogens with zero attached hydrogens (tertiary/aromatic N) is 1. The number of carboxylic acids is 1. The van der Waals surface area contributed by atoms with E-state index in [0.717, 1.165) is 23.1 Å². The first-order chi connectivity index (χ1) is 9.16. The molecular formula is C15H20BrNO2. The van der Waals surface area contributed by atoms with Crippen molar-refractivity contribution in [2.75, 3.05) is 13.1 Å². The Morgan fingerprint density at radius 1 is 1.26 bits per heavy atom. The summed E-state index contributed by atoms with van der Waals surface area (Å²) in [4.78, 5) is 13.5. The molecule has 3 nitrogen and oxygen atoms in total. The van der Waals surface area contributed by atoms with Gasteiger partial charge in [0.1, 0.15) is 0 Å². The predicted molar refractivity (Wildman–Crippen MR) is 79.2 cm³/mol. The number of rotatable bonds is 4. The Balaban J connectivity index is 2.21. The minimum Gasteiger partial charge on any atom is -0.481 e. The lowest BCUT2D eigenvalue weighted by Crippen LogP contribution is -2.31. The van der Waals surface area contributed by atoms with E-state index in [1.54, 1.807) is 0 Å². The van der Waals surface area contributed by atoms with Crippen LogP contribution in [0.1, 0.15) is 43.7 Å². The Morgan fingerprint density at radius 2 is 1.95 bits per heavy atom. The zero-order valence-electron chi connectivity index (χ0n) is 11.0. The lowest BCUT2D eigenvalue weighted by atomic mass is 10.0. The standard InChI is InChI=1S/C15H20BrNO2/c16-13-7-5-6-12(10-13)14(11-15(18)19)17-8-3-1-2-4-9-17/h5-7,10,14H,1-4,8-9,11H2,(H,18,19). The second kappa shape index (κ2) is 7.06. The molecule has 0 aromatic heterocycles. The van der Waals surface area contributed by atoms with Crippen molar-refractivity contribution in [1.29, 1.82) is 0 Å². The van der Waals surface area contributed by atoms with Gasteiger partial charge in [0.15, 0.2) is 0 Å². The Hall–Kier alpha value is -0.870. The lowest BCUT2D eigenvalue weighted by molar-refractivity contribution is -0.138. The van der Waals surface area contributed by atoms with Crippen LogP contribution in [0.25, 0.3) is 0 Å². The zero-order valence-corrected chi connectivity index (χ0v) is 12.6. The monoisotopic (exact) mass is 325 g/mol. The van der Waals surface area contributed by atoms with Crippen LogP contribution in [-0.2, 0) is 4.79 Å². The molecular weight excluding hydrogens is 306 g/mol. The van der Waals surface area contributed by atoms with Gasteiger partial charge in [-0.1, -0.05) is 40.9 Å². The molecule has 1 aromatic rings. The van der Waals surface area contributed by atoms with Crippen molar-refractivity contribution in [3.8, 4) is 0 Å². The molecule has 1 heterocycles. The third-order valence-corrected chi connectivity index (χ3v) is 4.18. The molecule has 19 heavy (non-hydrogen) atoms. The Labute approximate surface area is 122 Å². The predicted octanol–water partition coefficient (Wildman–Crippen LogP) is 3.84. The van der Waals surface area contributed by atoms with Crippen LogP contribution in [0.3, 0.4) is 0 Å². The first-order valence-electron chi connectivity index (χ1n) is 6.88. The fourth-order valence-electron chi connectivity index (χ4n) is 2.74. The molecule has 2 rings (SSSR count). The fourth-order valence-corrected chi connectivity index (χ4v) is 3.16. The molecule has 0 radical (unpaired) electrons. The van der Waals surface area contributed by atoms with Gasteiger partial charge in [-0.15, -0.1) is 0 Å². The zero-order chi connectivity index (χ0) is 13.7. The number of aliphatic carboxylic acids is 1. The maximum Gasteiger partial charge on any atom is 0.305 e. The van der Waals surface area contributed by atoms with Gasteiger partial charge in [-0.25, -0.2) is 0 Å². The summed E-state index contributed by atoms with van der Waals surface area (Å²) in [7, 11) is 0. The van der Waals surface area contributed by atoms with Crippen molar-refractivity contribution in [3.05, 3.63) is 34.3 Å². The van der Waals surface area contributed by atoms with Gasteiger partial charge in [-0.3, -0.25) is 9.69 Å². The molecule has 1 aromatic carbocycles. The van der Waals surface area contributed by atoms with Crippen molar-refractivity contribution >= 4 is 21.9 Å². The first kappa shape index (κ1) is 14.5. The second-order valence-corrected chi connectivity index (χ2v) is 6.03. The summed E-state index contributed by atoms with van der Waals surface area (Å²) in [5.41, 5.74) is 1.10. The first-order valence-corrected chi connectivity index (χ1v) is 7.67. The fraction of sp³-hybridized carbons (Fsp3) is 0.533. The van der Waals surface area contributed by atoms with Gasteiger partial charge in [0.25, 0.3) is 0 Å². The molecule has 4 heteroatoms. The van der Waals surface area contributed by atoms with E-state index in [4.69, 9.17) is 0 Å². The summed E-state index contributed by atoms with van der Waals surface area (Å²) in [5, 5.41) is 9.18. The van der Waals surface area contributed by atoms with Crippen LogP contribution in [0.4, 0.5) is 0 Å². The highest BCUT2D eigenvalue weighted by Crippen LogP contribution is 2.28. The number of hydrogen-bond donors (Lipinski definition) is 1. The van der Waals surface area contributed by atoms with E-state index in [1.807, 2.05) is 24.3 Å². The molecule has 1 aliphatic heterocycles. The van der Waals surface area contributed by atoms with E-state index in [9.17, 15) is 9.90 Å². The number of benzene rings is 1. The van der Waals surface area contributed by atoms with Gasteiger partial charge in [-0.05, 0) is 43.6 Å². The van der Waals surface area contributed by atoms with Gasteiger partial charge < -0.3 is 5.11 Å². The highest BCUT2D eigenvalue weighted by molar-refractivity contribution is 9.10. The molecule has 104 valence electrons. The molecule has 0 aliphatic carbocycles. The minimum atomic E-state index is -0.728.